The number of rotatable bonds is 4. The number of carbonyl (C=O) groups is 2. The van der Waals surface area contributed by atoms with Crippen LogP contribution in [0.25, 0.3) is 0 Å². The first-order valence-electron chi connectivity index (χ1n) is 5.38. The van der Waals surface area contributed by atoms with Crippen molar-refractivity contribution in [3.63, 3.8) is 0 Å². The van der Waals surface area contributed by atoms with Crippen molar-refractivity contribution in [1.29, 1.82) is 0 Å². The van der Waals surface area contributed by atoms with E-state index < -0.39 is 11.9 Å². The van der Waals surface area contributed by atoms with Gasteiger partial charge in [0.05, 0.1) is 0 Å². The Labute approximate surface area is 110 Å². The number of alkyl halides is 1. The van der Waals surface area contributed by atoms with Gasteiger partial charge in [-0.1, -0.05) is 12.1 Å². The minimum atomic E-state index is -0.505. The standard InChI is InChI=1S/C12H14ClFN2O2/c1-16(12(18)15-11(17)6-7-13)8-9-2-4-10(14)5-3-9/h2-5H,6-8H2,1H3,(H,15,17,18). The zero-order valence-corrected chi connectivity index (χ0v) is 10.7. The molecular formula is C12H14ClFN2O2. The van der Waals surface area contributed by atoms with Crippen molar-refractivity contribution in [3.05, 3.63) is 35.6 Å². The van der Waals surface area contributed by atoms with Gasteiger partial charge in [-0.25, -0.2) is 9.18 Å². The smallest absolute Gasteiger partial charge is 0.323 e. The summed E-state index contributed by atoms with van der Waals surface area (Å²) in [5.74, 6) is -0.579. The molecule has 1 rings (SSSR count). The van der Waals surface area contributed by atoms with Gasteiger partial charge < -0.3 is 4.90 Å². The zero-order valence-electron chi connectivity index (χ0n) is 9.95. The summed E-state index contributed by atoms with van der Waals surface area (Å²) >= 11 is 5.38. The molecule has 1 aromatic carbocycles. The van der Waals surface area contributed by atoms with Crippen LogP contribution in [0.2, 0.25) is 0 Å². The molecule has 0 radical (unpaired) electrons. The number of benzene rings is 1. The average Bonchev–Trinajstić information content (AvgIpc) is 2.32. The Balaban J connectivity index is 2.49. The summed E-state index contributed by atoms with van der Waals surface area (Å²) in [5, 5.41) is 2.20. The first kappa shape index (κ1) is 14.4. The van der Waals surface area contributed by atoms with Gasteiger partial charge in [0.1, 0.15) is 5.82 Å². The number of imide groups is 1. The van der Waals surface area contributed by atoms with Gasteiger partial charge >= 0.3 is 6.03 Å². The second kappa shape index (κ2) is 6.96. The van der Waals surface area contributed by atoms with Crippen LogP contribution in [-0.4, -0.2) is 29.8 Å². The molecule has 1 N–H and O–H groups in total. The number of nitrogens with one attached hydrogen (secondary N) is 1. The highest BCUT2D eigenvalue weighted by Gasteiger charge is 2.12. The molecule has 0 saturated heterocycles. The van der Waals surface area contributed by atoms with E-state index in [1.165, 1.54) is 17.0 Å². The van der Waals surface area contributed by atoms with Crippen LogP contribution >= 0.6 is 11.6 Å². The Hall–Kier alpha value is -1.62. The molecule has 0 atom stereocenters. The number of carbonyl (C=O) groups excluding carboxylic acids is 2. The number of urea groups is 1. The van der Waals surface area contributed by atoms with Crippen molar-refractivity contribution in [2.45, 2.75) is 13.0 Å². The van der Waals surface area contributed by atoms with Gasteiger partial charge in [0, 0.05) is 25.9 Å². The average molecular weight is 273 g/mol. The SMILES string of the molecule is CN(Cc1ccc(F)cc1)C(=O)NC(=O)CCCl. The van der Waals surface area contributed by atoms with E-state index >= 15 is 0 Å². The molecule has 1 aromatic rings. The van der Waals surface area contributed by atoms with E-state index in [-0.39, 0.29) is 18.1 Å². The first-order chi connectivity index (χ1) is 8.52. The van der Waals surface area contributed by atoms with Gasteiger partial charge in [-0.05, 0) is 17.7 Å². The van der Waals surface area contributed by atoms with E-state index in [4.69, 9.17) is 11.6 Å². The number of hydrogen-bond acceptors (Lipinski definition) is 2. The normalized spacial score (nSPS) is 9.94. The van der Waals surface area contributed by atoms with Gasteiger partial charge in [-0.15, -0.1) is 11.6 Å². The van der Waals surface area contributed by atoms with Gasteiger partial charge in [-0.2, -0.15) is 0 Å². The third kappa shape index (κ3) is 4.71. The van der Waals surface area contributed by atoms with Crippen molar-refractivity contribution in [2.24, 2.45) is 0 Å². The Morgan fingerprint density at radius 2 is 1.94 bits per heavy atom. The topological polar surface area (TPSA) is 49.4 Å². The highest BCUT2D eigenvalue weighted by molar-refractivity contribution is 6.19. The fourth-order valence-corrected chi connectivity index (χ4v) is 1.47. The molecule has 0 heterocycles. The summed E-state index contributed by atoms with van der Waals surface area (Å²) in [4.78, 5) is 24.1. The van der Waals surface area contributed by atoms with Crippen LogP contribution in [0.1, 0.15) is 12.0 Å². The summed E-state index contributed by atoms with van der Waals surface area (Å²) in [6, 6.07) is 5.30. The molecule has 0 aliphatic rings. The third-order valence-electron chi connectivity index (χ3n) is 2.25. The third-order valence-corrected chi connectivity index (χ3v) is 2.44. The van der Waals surface area contributed by atoms with Crippen molar-refractivity contribution < 1.29 is 14.0 Å². The van der Waals surface area contributed by atoms with Gasteiger partial charge in [-0.3, -0.25) is 10.1 Å². The summed E-state index contributed by atoms with van der Waals surface area (Å²) in [6.07, 6.45) is 0.0949. The molecule has 0 unspecified atom stereocenters. The Bertz CT molecular complexity index is 423. The van der Waals surface area contributed by atoms with Crippen LogP contribution in [0, 0.1) is 5.82 Å². The predicted octanol–water partition coefficient (Wildman–Crippen LogP) is 2.12. The molecule has 0 spiro atoms. The second-order valence-electron chi connectivity index (χ2n) is 3.77. The highest BCUT2D eigenvalue weighted by atomic mass is 35.5. The van der Waals surface area contributed by atoms with Crippen LogP contribution in [-0.2, 0) is 11.3 Å². The molecular weight excluding hydrogens is 259 g/mol. The van der Waals surface area contributed by atoms with Gasteiger partial charge in [0.2, 0.25) is 5.91 Å². The largest absolute Gasteiger partial charge is 0.324 e. The maximum Gasteiger partial charge on any atom is 0.324 e. The molecule has 0 bridgehead atoms. The summed E-state index contributed by atoms with van der Waals surface area (Å²) in [5.41, 5.74) is 0.777. The minimum Gasteiger partial charge on any atom is -0.323 e. The molecule has 0 aliphatic carbocycles. The number of amides is 3. The summed E-state index contributed by atoms with van der Waals surface area (Å²) in [7, 11) is 1.55. The molecule has 6 heteroatoms. The van der Waals surface area contributed by atoms with E-state index in [0.29, 0.717) is 6.54 Å². The maximum atomic E-state index is 12.7. The summed E-state index contributed by atoms with van der Waals surface area (Å²) in [6.45, 7) is 0.292. The first-order valence-corrected chi connectivity index (χ1v) is 5.91. The van der Waals surface area contributed by atoms with Crippen molar-refractivity contribution in [3.8, 4) is 0 Å². The molecule has 0 aromatic heterocycles. The Morgan fingerprint density at radius 1 is 1.33 bits per heavy atom. The lowest BCUT2D eigenvalue weighted by molar-refractivity contribution is -0.119. The Morgan fingerprint density at radius 3 is 2.50 bits per heavy atom. The van der Waals surface area contributed by atoms with Crippen LogP contribution in [0.15, 0.2) is 24.3 Å². The quantitative estimate of drug-likeness (QED) is 0.854. The fourth-order valence-electron chi connectivity index (χ4n) is 1.30. The van der Waals surface area contributed by atoms with Crippen LogP contribution < -0.4 is 5.32 Å². The summed E-state index contributed by atoms with van der Waals surface area (Å²) < 4.78 is 12.7. The zero-order chi connectivity index (χ0) is 13.5. The molecule has 98 valence electrons. The lowest BCUT2D eigenvalue weighted by atomic mass is 10.2. The predicted molar refractivity (Wildman–Crippen MR) is 66.7 cm³/mol. The van der Waals surface area contributed by atoms with Crippen LogP contribution in [0.3, 0.4) is 0 Å². The van der Waals surface area contributed by atoms with Crippen LogP contribution in [0.5, 0.6) is 0 Å². The molecule has 0 aliphatic heterocycles. The Kier molecular flexibility index (Phi) is 5.58. The lowest BCUT2D eigenvalue weighted by Gasteiger charge is -2.17. The van der Waals surface area contributed by atoms with E-state index in [0.717, 1.165) is 5.56 Å². The van der Waals surface area contributed by atoms with E-state index in [9.17, 15) is 14.0 Å². The maximum absolute atomic E-state index is 12.7. The number of halogens is 2. The van der Waals surface area contributed by atoms with Crippen LogP contribution in [0.4, 0.5) is 9.18 Å². The molecule has 4 nitrogen and oxygen atoms in total. The van der Waals surface area contributed by atoms with Crippen molar-refractivity contribution >= 4 is 23.5 Å². The van der Waals surface area contributed by atoms with E-state index in [2.05, 4.69) is 5.32 Å². The second-order valence-corrected chi connectivity index (χ2v) is 4.15. The minimum absolute atomic E-state index is 0.0949. The molecule has 0 fully saturated rings. The number of nitrogens with zero attached hydrogens (tertiary/aromatic N) is 1. The molecule has 18 heavy (non-hydrogen) atoms. The van der Waals surface area contributed by atoms with Gasteiger partial charge in [0.25, 0.3) is 0 Å². The monoisotopic (exact) mass is 272 g/mol. The van der Waals surface area contributed by atoms with Crippen molar-refractivity contribution in [2.75, 3.05) is 12.9 Å². The fraction of sp³-hybridized carbons (Fsp3) is 0.333. The number of hydrogen-bond donors (Lipinski definition) is 1. The molecule has 0 saturated carbocycles. The lowest BCUT2D eigenvalue weighted by Crippen LogP contribution is -2.40. The highest BCUT2D eigenvalue weighted by Crippen LogP contribution is 2.05. The van der Waals surface area contributed by atoms with Crippen molar-refractivity contribution in [1.82, 2.24) is 10.2 Å². The van der Waals surface area contributed by atoms with Gasteiger partial charge in [0.15, 0.2) is 0 Å². The van der Waals surface area contributed by atoms with E-state index in [1.54, 1.807) is 19.2 Å². The molecule has 3 amide bonds. The van der Waals surface area contributed by atoms with E-state index in [1.807, 2.05) is 0 Å².